The van der Waals surface area contributed by atoms with Crippen molar-refractivity contribution in [2.24, 2.45) is 0 Å². The van der Waals surface area contributed by atoms with Crippen molar-refractivity contribution in [3.63, 3.8) is 0 Å². The molecule has 0 atom stereocenters. The zero-order chi connectivity index (χ0) is 19.8. The molecule has 0 saturated carbocycles. The van der Waals surface area contributed by atoms with Crippen LogP contribution in [-0.4, -0.2) is 19.4 Å². The van der Waals surface area contributed by atoms with Crippen LogP contribution < -0.4 is 5.32 Å². The Hall–Kier alpha value is -2.63. The highest BCUT2D eigenvalue weighted by Crippen LogP contribution is 2.30. The van der Waals surface area contributed by atoms with Crippen LogP contribution in [0.5, 0.6) is 0 Å². The molecule has 0 spiro atoms. The van der Waals surface area contributed by atoms with E-state index in [1.165, 1.54) is 5.56 Å². The molecule has 4 rings (SSSR count). The third-order valence-electron chi connectivity index (χ3n) is 4.46. The third-order valence-corrected chi connectivity index (χ3v) is 4.95. The van der Waals surface area contributed by atoms with Gasteiger partial charge in [0, 0.05) is 23.1 Å². The molecule has 0 aliphatic heterocycles. The highest BCUT2D eigenvalue weighted by atomic mass is 35.5. The minimum Gasteiger partial charge on any atom is -0.349 e. The fraction of sp³-hybridized carbons (Fsp3) is 0.190. The standard InChI is InChI=1S/C21H19Cl2N5/c1-12-4-6-15(7-5-12)19-18(10-24-21-25-13(2)8-14(3)26-21)28-11-16(22)9-17(23)20(28)27-19/h4-9,11H,10H2,1-3H3,(H,24,25,26). The number of aryl methyl sites for hydroxylation is 3. The van der Waals surface area contributed by atoms with Gasteiger partial charge in [-0.05, 0) is 32.9 Å². The summed E-state index contributed by atoms with van der Waals surface area (Å²) >= 11 is 12.7. The predicted molar refractivity (Wildman–Crippen MR) is 114 cm³/mol. The molecule has 1 N–H and O–H groups in total. The first-order valence-electron chi connectivity index (χ1n) is 8.90. The van der Waals surface area contributed by atoms with Crippen molar-refractivity contribution in [2.45, 2.75) is 27.3 Å². The lowest BCUT2D eigenvalue weighted by Gasteiger charge is -2.09. The molecule has 0 radical (unpaired) electrons. The van der Waals surface area contributed by atoms with Crippen LogP contribution >= 0.6 is 23.2 Å². The molecule has 0 bridgehead atoms. The Morgan fingerprint density at radius 3 is 2.29 bits per heavy atom. The van der Waals surface area contributed by atoms with Gasteiger partial charge in [-0.3, -0.25) is 4.40 Å². The van der Waals surface area contributed by atoms with Gasteiger partial charge in [0.1, 0.15) is 0 Å². The number of hydrogen-bond acceptors (Lipinski definition) is 4. The molecular weight excluding hydrogens is 393 g/mol. The number of imidazole rings is 1. The van der Waals surface area contributed by atoms with E-state index < -0.39 is 0 Å². The van der Waals surface area contributed by atoms with Gasteiger partial charge in [0.2, 0.25) is 5.95 Å². The maximum absolute atomic E-state index is 6.41. The van der Waals surface area contributed by atoms with E-state index in [4.69, 9.17) is 28.2 Å². The monoisotopic (exact) mass is 411 g/mol. The SMILES string of the molecule is Cc1ccc(-c2nc3c(Cl)cc(Cl)cn3c2CNc2nc(C)cc(C)n2)cc1. The minimum absolute atomic E-state index is 0.476. The van der Waals surface area contributed by atoms with Crippen molar-refractivity contribution in [1.82, 2.24) is 19.4 Å². The molecule has 3 aromatic heterocycles. The second kappa shape index (κ2) is 7.41. The maximum Gasteiger partial charge on any atom is 0.223 e. The van der Waals surface area contributed by atoms with Crippen LogP contribution in [0.1, 0.15) is 22.6 Å². The molecule has 142 valence electrons. The number of nitrogens with zero attached hydrogens (tertiary/aromatic N) is 4. The Bertz CT molecular complexity index is 1150. The van der Waals surface area contributed by atoms with Crippen LogP contribution in [0.2, 0.25) is 10.0 Å². The number of halogens is 2. The highest BCUT2D eigenvalue weighted by Gasteiger charge is 2.17. The number of fused-ring (bicyclic) bond motifs is 1. The third kappa shape index (κ3) is 3.68. The summed E-state index contributed by atoms with van der Waals surface area (Å²) in [5.41, 5.74) is 6.49. The number of pyridine rings is 1. The lowest BCUT2D eigenvalue weighted by molar-refractivity contribution is 0.958. The van der Waals surface area contributed by atoms with Crippen LogP contribution in [0.4, 0.5) is 5.95 Å². The summed E-state index contributed by atoms with van der Waals surface area (Å²) < 4.78 is 1.93. The summed E-state index contributed by atoms with van der Waals surface area (Å²) in [5.74, 6) is 0.579. The van der Waals surface area contributed by atoms with Crippen LogP contribution in [0.3, 0.4) is 0 Å². The largest absolute Gasteiger partial charge is 0.349 e. The zero-order valence-corrected chi connectivity index (χ0v) is 17.3. The number of nitrogens with one attached hydrogen (secondary N) is 1. The maximum atomic E-state index is 6.41. The van der Waals surface area contributed by atoms with Crippen molar-refractivity contribution in [3.8, 4) is 11.3 Å². The number of aromatic nitrogens is 4. The summed E-state index contributed by atoms with van der Waals surface area (Å²) in [5, 5.41) is 4.37. The van der Waals surface area contributed by atoms with E-state index in [1.807, 2.05) is 30.5 Å². The minimum atomic E-state index is 0.476. The first-order chi connectivity index (χ1) is 13.4. The average molecular weight is 412 g/mol. The Kier molecular flexibility index (Phi) is 4.96. The molecular formula is C21H19Cl2N5. The second-order valence-electron chi connectivity index (χ2n) is 6.80. The predicted octanol–water partition coefficient (Wildman–Crippen LogP) is 5.64. The summed E-state index contributed by atoms with van der Waals surface area (Å²) in [6.07, 6.45) is 1.83. The zero-order valence-electron chi connectivity index (χ0n) is 15.8. The molecule has 7 heteroatoms. The summed E-state index contributed by atoms with van der Waals surface area (Å²) in [4.78, 5) is 13.7. The van der Waals surface area contributed by atoms with Crippen molar-refractivity contribution in [2.75, 3.05) is 5.32 Å². The van der Waals surface area contributed by atoms with Crippen LogP contribution in [0, 0.1) is 20.8 Å². The van der Waals surface area contributed by atoms with E-state index in [0.717, 1.165) is 28.3 Å². The molecule has 0 aliphatic carbocycles. The van der Waals surface area contributed by atoms with E-state index in [9.17, 15) is 0 Å². The Morgan fingerprint density at radius 1 is 0.929 bits per heavy atom. The quantitative estimate of drug-likeness (QED) is 0.472. The van der Waals surface area contributed by atoms with Gasteiger partial charge < -0.3 is 5.32 Å². The molecule has 0 unspecified atom stereocenters. The van der Waals surface area contributed by atoms with Crippen LogP contribution in [0.15, 0.2) is 42.6 Å². The first kappa shape index (κ1) is 18.7. The molecule has 5 nitrogen and oxygen atoms in total. The van der Waals surface area contributed by atoms with Crippen molar-refractivity contribution >= 4 is 34.8 Å². The lowest BCUT2D eigenvalue weighted by atomic mass is 10.1. The average Bonchev–Trinajstić information content (AvgIpc) is 2.98. The Balaban J connectivity index is 1.82. The fourth-order valence-electron chi connectivity index (χ4n) is 3.20. The Morgan fingerprint density at radius 2 is 1.61 bits per heavy atom. The van der Waals surface area contributed by atoms with Crippen molar-refractivity contribution in [1.29, 1.82) is 0 Å². The van der Waals surface area contributed by atoms with Gasteiger partial charge in [-0.25, -0.2) is 15.0 Å². The fourth-order valence-corrected chi connectivity index (χ4v) is 3.71. The summed E-state index contributed by atoms with van der Waals surface area (Å²) in [6.45, 7) is 6.44. The molecule has 0 fully saturated rings. The summed E-state index contributed by atoms with van der Waals surface area (Å²) in [7, 11) is 0. The normalized spacial score (nSPS) is 11.2. The molecule has 28 heavy (non-hydrogen) atoms. The van der Waals surface area contributed by atoms with Crippen molar-refractivity contribution < 1.29 is 0 Å². The van der Waals surface area contributed by atoms with Crippen LogP contribution in [-0.2, 0) is 6.54 Å². The number of anilines is 1. The van der Waals surface area contributed by atoms with E-state index >= 15 is 0 Å². The topological polar surface area (TPSA) is 55.1 Å². The van der Waals surface area contributed by atoms with Gasteiger partial charge >= 0.3 is 0 Å². The molecule has 0 saturated heterocycles. The van der Waals surface area contributed by atoms with Gasteiger partial charge in [-0.2, -0.15) is 0 Å². The first-order valence-corrected chi connectivity index (χ1v) is 9.65. The van der Waals surface area contributed by atoms with E-state index in [2.05, 4.69) is 46.5 Å². The van der Waals surface area contributed by atoms with Gasteiger partial charge in [0.05, 0.1) is 28.0 Å². The molecule has 0 amide bonds. The number of benzene rings is 1. The second-order valence-corrected chi connectivity index (χ2v) is 7.64. The van der Waals surface area contributed by atoms with Crippen LogP contribution in [0.25, 0.3) is 16.9 Å². The van der Waals surface area contributed by atoms with E-state index in [0.29, 0.717) is 28.2 Å². The van der Waals surface area contributed by atoms with E-state index in [1.54, 1.807) is 6.07 Å². The Labute approximate surface area is 173 Å². The molecule has 4 aromatic rings. The van der Waals surface area contributed by atoms with Gasteiger partial charge in [0.25, 0.3) is 0 Å². The summed E-state index contributed by atoms with van der Waals surface area (Å²) in [6, 6.07) is 11.9. The number of hydrogen-bond donors (Lipinski definition) is 1. The van der Waals surface area contributed by atoms with Gasteiger partial charge in [-0.1, -0.05) is 53.0 Å². The van der Waals surface area contributed by atoms with Crippen molar-refractivity contribution in [3.05, 3.63) is 75.3 Å². The van der Waals surface area contributed by atoms with Gasteiger partial charge in [0.15, 0.2) is 5.65 Å². The molecule has 1 aromatic carbocycles. The molecule has 0 aliphatic rings. The number of rotatable bonds is 4. The van der Waals surface area contributed by atoms with E-state index in [-0.39, 0.29) is 0 Å². The smallest absolute Gasteiger partial charge is 0.223 e. The van der Waals surface area contributed by atoms with Gasteiger partial charge in [-0.15, -0.1) is 0 Å². The molecule has 3 heterocycles. The lowest BCUT2D eigenvalue weighted by Crippen LogP contribution is -2.08. The highest BCUT2D eigenvalue weighted by molar-refractivity contribution is 6.36.